The van der Waals surface area contributed by atoms with Crippen LogP contribution < -0.4 is 5.63 Å². The first-order chi connectivity index (χ1) is 13.3. The lowest BCUT2D eigenvalue weighted by Gasteiger charge is -2.63. The Kier molecular flexibility index (Phi) is 4.17. The number of rotatable bonds is 1. The van der Waals surface area contributed by atoms with Gasteiger partial charge in [-0.15, -0.1) is 0 Å². The van der Waals surface area contributed by atoms with Crippen LogP contribution in [0.15, 0.2) is 27.6 Å². The van der Waals surface area contributed by atoms with Gasteiger partial charge in [0.25, 0.3) is 0 Å². The lowest BCUT2D eigenvalue weighted by Crippen LogP contribution is -2.62. The van der Waals surface area contributed by atoms with E-state index in [4.69, 9.17) is 4.42 Å². The summed E-state index contributed by atoms with van der Waals surface area (Å²) in [6, 6.07) is 3.42. The Morgan fingerprint density at radius 3 is 2.57 bits per heavy atom. The number of hydrogen-bond donors (Lipinski definition) is 2. The van der Waals surface area contributed by atoms with Gasteiger partial charge in [0.05, 0.1) is 18.0 Å². The molecule has 4 aliphatic carbocycles. The maximum Gasteiger partial charge on any atom is 0.335 e. The van der Waals surface area contributed by atoms with E-state index in [1.54, 1.807) is 6.26 Å². The fourth-order valence-corrected chi connectivity index (χ4v) is 8.30. The van der Waals surface area contributed by atoms with E-state index in [0.29, 0.717) is 17.8 Å². The molecule has 2 N–H and O–H groups in total. The highest BCUT2D eigenvalue weighted by atomic mass is 16.4. The van der Waals surface area contributed by atoms with Crippen molar-refractivity contribution in [2.24, 2.45) is 28.6 Å². The van der Waals surface area contributed by atoms with Gasteiger partial charge >= 0.3 is 5.63 Å². The average Bonchev–Trinajstić information content (AvgIpc) is 2.95. The maximum atomic E-state index is 12.2. The molecule has 154 valence electrons. The smallest absolute Gasteiger partial charge is 0.335 e. The molecule has 8 atom stereocenters. The molecule has 4 nitrogen and oxygen atoms in total. The Balaban J connectivity index is 1.48. The number of fused-ring (bicyclic) bond motifs is 5. The van der Waals surface area contributed by atoms with Gasteiger partial charge in [-0.25, -0.2) is 4.79 Å². The van der Waals surface area contributed by atoms with Crippen molar-refractivity contribution in [3.8, 4) is 0 Å². The highest BCUT2D eigenvalue weighted by Crippen LogP contribution is 2.70. The SMILES string of the molecule is C[C@@]12CC[C@@H](O)C[C@@H]1CC[C@H]1[C@H]2CC[C@@]2(C)[C@H](c3ccc(=O)oc3)CC[C@@]12O. The summed E-state index contributed by atoms with van der Waals surface area (Å²) in [7, 11) is 0. The zero-order chi connectivity index (χ0) is 19.7. The molecule has 0 saturated heterocycles. The normalized spacial score (nSPS) is 50.5. The molecule has 0 amide bonds. The first-order valence-corrected chi connectivity index (χ1v) is 11.3. The minimum atomic E-state index is -0.638. The number of aliphatic hydroxyl groups excluding tert-OH is 1. The third-order valence-corrected chi connectivity index (χ3v) is 9.95. The van der Waals surface area contributed by atoms with Gasteiger partial charge < -0.3 is 14.6 Å². The largest absolute Gasteiger partial charge is 0.431 e. The zero-order valence-electron chi connectivity index (χ0n) is 17.2. The van der Waals surface area contributed by atoms with Crippen molar-refractivity contribution in [3.63, 3.8) is 0 Å². The summed E-state index contributed by atoms with van der Waals surface area (Å²) >= 11 is 0. The Bertz CT molecular complexity index is 797. The quantitative estimate of drug-likeness (QED) is 0.757. The molecule has 1 aromatic rings. The minimum absolute atomic E-state index is 0.129. The van der Waals surface area contributed by atoms with Crippen LogP contribution >= 0.6 is 0 Å². The first kappa shape index (κ1) is 18.9. The predicted octanol–water partition coefficient (Wildman–Crippen LogP) is 4.24. The Morgan fingerprint density at radius 2 is 1.82 bits per heavy atom. The van der Waals surface area contributed by atoms with Gasteiger partial charge in [0.15, 0.2) is 0 Å². The van der Waals surface area contributed by atoms with Crippen LogP contribution in [0.4, 0.5) is 0 Å². The molecule has 28 heavy (non-hydrogen) atoms. The molecular weight excluding hydrogens is 352 g/mol. The minimum Gasteiger partial charge on any atom is -0.431 e. The monoisotopic (exact) mass is 386 g/mol. The van der Waals surface area contributed by atoms with Gasteiger partial charge in [-0.2, -0.15) is 0 Å². The van der Waals surface area contributed by atoms with Gasteiger partial charge in [0.1, 0.15) is 0 Å². The van der Waals surface area contributed by atoms with E-state index in [0.717, 1.165) is 56.9 Å². The average molecular weight is 387 g/mol. The van der Waals surface area contributed by atoms with Crippen molar-refractivity contribution >= 4 is 0 Å². The maximum absolute atomic E-state index is 12.2. The predicted molar refractivity (Wildman–Crippen MR) is 107 cm³/mol. The van der Waals surface area contributed by atoms with Gasteiger partial charge in [0.2, 0.25) is 0 Å². The topological polar surface area (TPSA) is 70.7 Å². The summed E-state index contributed by atoms with van der Waals surface area (Å²) in [5.41, 5.74) is 0.219. The fraction of sp³-hybridized carbons (Fsp3) is 0.792. The molecule has 0 aliphatic heterocycles. The lowest BCUT2D eigenvalue weighted by molar-refractivity contribution is -0.205. The standard InChI is InChI=1S/C24H34O4/c1-22-10-7-17(25)13-16(22)4-5-20-19(22)8-11-23(2)18(9-12-24(20,23)27)15-3-6-21(26)28-14-15/h3,6,14,16-20,25,27H,4-5,7-13H2,1-2H3/t16-,17+,18-,19+,20-,22+,23-,24+/m0/s1. The van der Waals surface area contributed by atoms with Crippen LogP contribution in [0.5, 0.6) is 0 Å². The molecule has 4 saturated carbocycles. The van der Waals surface area contributed by atoms with Crippen LogP contribution in [-0.4, -0.2) is 21.9 Å². The van der Waals surface area contributed by atoms with E-state index in [1.807, 2.05) is 6.07 Å². The third kappa shape index (κ3) is 2.40. The van der Waals surface area contributed by atoms with E-state index in [2.05, 4.69) is 13.8 Å². The zero-order valence-corrected chi connectivity index (χ0v) is 17.2. The lowest BCUT2D eigenvalue weighted by atomic mass is 9.43. The summed E-state index contributed by atoms with van der Waals surface area (Å²) in [4.78, 5) is 11.4. The van der Waals surface area contributed by atoms with Gasteiger partial charge in [0, 0.05) is 11.5 Å². The molecule has 5 rings (SSSR count). The van der Waals surface area contributed by atoms with Gasteiger partial charge in [-0.1, -0.05) is 13.8 Å². The molecule has 0 unspecified atom stereocenters. The summed E-state index contributed by atoms with van der Waals surface area (Å²) in [5.74, 6) is 1.76. The van der Waals surface area contributed by atoms with E-state index in [9.17, 15) is 15.0 Å². The number of aliphatic hydroxyl groups is 2. The van der Waals surface area contributed by atoms with Crippen molar-refractivity contribution in [2.75, 3.05) is 0 Å². The van der Waals surface area contributed by atoms with Crippen molar-refractivity contribution in [1.29, 1.82) is 0 Å². The number of hydrogen-bond acceptors (Lipinski definition) is 4. The molecule has 0 aromatic carbocycles. The molecular formula is C24H34O4. The second-order valence-corrected chi connectivity index (χ2v) is 10.8. The van der Waals surface area contributed by atoms with Crippen LogP contribution in [-0.2, 0) is 0 Å². The molecule has 1 heterocycles. The van der Waals surface area contributed by atoms with Crippen molar-refractivity contribution in [3.05, 3.63) is 34.4 Å². The Labute approximate surface area is 167 Å². The molecule has 1 aromatic heterocycles. The molecule has 0 radical (unpaired) electrons. The fourth-order valence-electron chi connectivity index (χ4n) is 8.30. The van der Waals surface area contributed by atoms with Crippen LogP contribution in [0.2, 0.25) is 0 Å². The van der Waals surface area contributed by atoms with Crippen LogP contribution in [0.1, 0.15) is 83.1 Å². The Morgan fingerprint density at radius 1 is 1.00 bits per heavy atom. The van der Waals surface area contributed by atoms with E-state index >= 15 is 0 Å². The molecule has 0 bridgehead atoms. The second-order valence-electron chi connectivity index (χ2n) is 10.8. The summed E-state index contributed by atoms with van der Waals surface area (Å²) < 4.78 is 5.17. The summed E-state index contributed by atoms with van der Waals surface area (Å²) in [6.45, 7) is 4.73. The van der Waals surface area contributed by atoms with E-state index < -0.39 is 5.60 Å². The highest BCUT2D eigenvalue weighted by molar-refractivity contribution is 5.27. The molecule has 4 aliphatic rings. The van der Waals surface area contributed by atoms with Crippen molar-refractivity contribution in [2.45, 2.75) is 89.3 Å². The molecule has 4 fully saturated rings. The Hall–Kier alpha value is -1.13. The summed E-state index contributed by atoms with van der Waals surface area (Å²) in [6.07, 6.45) is 10.7. The summed E-state index contributed by atoms with van der Waals surface area (Å²) in [5, 5.41) is 22.4. The van der Waals surface area contributed by atoms with E-state index in [1.165, 1.54) is 12.5 Å². The molecule has 4 heteroatoms. The second kappa shape index (κ2) is 6.18. The van der Waals surface area contributed by atoms with Gasteiger partial charge in [-0.05, 0) is 98.5 Å². The third-order valence-electron chi connectivity index (χ3n) is 9.95. The van der Waals surface area contributed by atoms with Crippen molar-refractivity contribution < 1.29 is 14.6 Å². The van der Waals surface area contributed by atoms with E-state index in [-0.39, 0.29) is 28.5 Å². The van der Waals surface area contributed by atoms with Crippen LogP contribution in [0, 0.1) is 28.6 Å². The van der Waals surface area contributed by atoms with Crippen molar-refractivity contribution in [1.82, 2.24) is 0 Å². The molecule has 0 spiro atoms. The van der Waals surface area contributed by atoms with Crippen LogP contribution in [0.3, 0.4) is 0 Å². The van der Waals surface area contributed by atoms with Gasteiger partial charge in [-0.3, -0.25) is 0 Å². The first-order valence-electron chi connectivity index (χ1n) is 11.3. The highest BCUT2D eigenvalue weighted by Gasteiger charge is 2.67. The van der Waals surface area contributed by atoms with Crippen LogP contribution in [0.25, 0.3) is 0 Å².